The summed E-state index contributed by atoms with van der Waals surface area (Å²) >= 11 is 0. The Morgan fingerprint density at radius 1 is 0.514 bits per heavy atom. The molecule has 2 aliphatic heterocycles. The Morgan fingerprint density at radius 2 is 0.958 bits per heavy atom. The highest BCUT2D eigenvalue weighted by Gasteiger charge is 2.51. The average Bonchev–Trinajstić information content (AvgIpc) is 3.38. The van der Waals surface area contributed by atoms with Gasteiger partial charge in [-0.05, 0) is 64.2 Å². The molecule has 0 radical (unpaired) electrons. The first-order valence-corrected chi connectivity index (χ1v) is 28.2. The number of allylic oxidation sites excluding steroid dienone is 11. The topological polar surface area (TPSA) is 228 Å². The van der Waals surface area contributed by atoms with Crippen LogP contribution in [0.5, 0.6) is 0 Å². The van der Waals surface area contributed by atoms with Crippen LogP contribution in [0.4, 0.5) is 0 Å². The van der Waals surface area contributed by atoms with Gasteiger partial charge in [-0.3, -0.25) is 4.79 Å². The number of carbonyl (C=O) groups is 1. The van der Waals surface area contributed by atoms with Crippen LogP contribution in [-0.4, -0.2) is 140 Å². The summed E-state index contributed by atoms with van der Waals surface area (Å²) in [4.78, 5) is 13.2. The molecule has 0 spiro atoms. The molecule has 14 nitrogen and oxygen atoms in total. The number of rotatable bonds is 43. The third-order valence-corrected chi connectivity index (χ3v) is 13.4. The van der Waals surface area contributed by atoms with Crippen molar-refractivity contribution < 1.29 is 64.6 Å². The van der Waals surface area contributed by atoms with Crippen molar-refractivity contribution in [3.63, 3.8) is 0 Å². The van der Waals surface area contributed by atoms with E-state index in [2.05, 4.69) is 79.9 Å². The van der Waals surface area contributed by atoms with E-state index in [0.717, 1.165) is 77.0 Å². The molecule has 2 fully saturated rings. The van der Waals surface area contributed by atoms with Gasteiger partial charge in [0.1, 0.15) is 48.8 Å². The second kappa shape index (κ2) is 43.6. The van der Waals surface area contributed by atoms with Crippen LogP contribution in [0.25, 0.3) is 0 Å². The average molecular weight is 1020 g/mol. The Morgan fingerprint density at radius 3 is 1.47 bits per heavy atom. The highest BCUT2D eigenvalue weighted by molar-refractivity contribution is 5.76. The zero-order chi connectivity index (χ0) is 52.4. The number of amides is 1. The Kier molecular flexibility index (Phi) is 39.7. The van der Waals surface area contributed by atoms with Crippen molar-refractivity contribution in [2.24, 2.45) is 0 Å². The van der Waals surface area contributed by atoms with Gasteiger partial charge in [-0.25, -0.2) is 0 Å². The first kappa shape index (κ1) is 65.5. The van der Waals surface area contributed by atoms with Gasteiger partial charge in [0.05, 0.1) is 32.0 Å². The lowest BCUT2D eigenvalue weighted by Gasteiger charge is -2.46. The SMILES string of the molecule is CC/C=C\C/C=C\C/C=C\C/C=C\C/C=C\CCCCCCCCCCCC(=O)NC(COC1OC(CO)C(OC2OC(CO)C(O)C(O)C2O)C(O)C1O)C(O)/C=C/CCCCCCCCCCCCC. The molecule has 0 aromatic rings. The van der Waals surface area contributed by atoms with E-state index in [1.54, 1.807) is 6.08 Å². The number of carbonyl (C=O) groups excluding carboxylic acids is 1. The minimum absolute atomic E-state index is 0.250. The predicted molar refractivity (Wildman–Crippen MR) is 286 cm³/mol. The van der Waals surface area contributed by atoms with Crippen LogP contribution < -0.4 is 5.32 Å². The first-order chi connectivity index (χ1) is 35.1. The van der Waals surface area contributed by atoms with Crippen molar-refractivity contribution in [3.8, 4) is 0 Å². The fourth-order valence-electron chi connectivity index (χ4n) is 8.85. The predicted octanol–water partition coefficient (Wildman–Crippen LogP) is 8.77. The number of ether oxygens (including phenoxy) is 4. The molecule has 12 atom stereocenters. The van der Waals surface area contributed by atoms with Crippen molar-refractivity contribution in [1.82, 2.24) is 5.32 Å². The molecule has 0 aliphatic carbocycles. The van der Waals surface area contributed by atoms with Gasteiger partial charge in [0, 0.05) is 6.42 Å². The van der Waals surface area contributed by atoms with E-state index in [4.69, 9.17) is 18.9 Å². The second-order valence-electron chi connectivity index (χ2n) is 19.7. The lowest BCUT2D eigenvalue weighted by Crippen LogP contribution is -2.65. The summed E-state index contributed by atoms with van der Waals surface area (Å²) in [5.74, 6) is -0.250. The maximum Gasteiger partial charge on any atom is 0.220 e. The molecular weight excluding hydrogens is 919 g/mol. The number of aliphatic hydroxyl groups is 8. The van der Waals surface area contributed by atoms with Crippen LogP contribution in [0.15, 0.2) is 72.9 Å². The van der Waals surface area contributed by atoms with E-state index in [1.807, 2.05) is 6.08 Å². The molecular formula is C58H101NO13. The fourth-order valence-corrected chi connectivity index (χ4v) is 8.85. The normalized spacial score (nSPS) is 26.1. The van der Waals surface area contributed by atoms with Crippen LogP contribution >= 0.6 is 0 Å². The van der Waals surface area contributed by atoms with Crippen molar-refractivity contribution in [1.29, 1.82) is 0 Å². The highest BCUT2D eigenvalue weighted by atomic mass is 16.7. The minimum Gasteiger partial charge on any atom is -0.394 e. The Balaban J connectivity index is 1.76. The molecule has 2 saturated heterocycles. The molecule has 0 aromatic carbocycles. The van der Waals surface area contributed by atoms with E-state index in [1.165, 1.54) is 89.9 Å². The lowest BCUT2D eigenvalue weighted by atomic mass is 9.97. The first-order valence-electron chi connectivity index (χ1n) is 28.2. The molecule has 416 valence electrons. The van der Waals surface area contributed by atoms with Gasteiger partial charge in [-0.2, -0.15) is 0 Å². The van der Waals surface area contributed by atoms with E-state index >= 15 is 0 Å². The standard InChI is InChI=1S/C58H101NO13/c1-3-5-7-9-11-13-15-17-18-19-20-21-22-23-24-25-26-27-28-30-32-34-36-38-40-42-50(63)59-46(47(62)41-39-37-35-33-31-29-16-14-12-10-8-6-4-2)45-69-57-55(68)53(66)56(49(44-61)71-57)72-58-54(67)52(65)51(64)48(43-60)70-58/h5,7,11,13,17-18,20-21,23-24,39,41,46-49,51-58,60-62,64-68H,3-4,6,8-10,12,14-16,19,22,25-38,40,42-45H2,1-2H3,(H,59,63)/b7-5-,13-11-,18-17-,21-20-,24-23-,41-39+. The molecule has 0 bridgehead atoms. The van der Waals surface area contributed by atoms with Gasteiger partial charge in [-0.1, -0.05) is 196 Å². The molecule has 2 heterocycles. The number of hydrogen-bond acceptors (Lipinski definition) is 13. The van der Waals surface area contributed by atoms with E-state index in [9.17, 15) is 45.6 Å². The third-order valence-electron chi connectivity index (χ3n) is 13.4. The summed E-state index contributed by atoms with van der Waals surface area (Å²) in [5.41, 5.74) is 0. The van der Waals surface area contributed by atoms with Crippen molar-refractivity contribution in [2.45, 2.75) is 267 Å². The Hall–Kier alpha value is -2.57. The molecule has 72 heavy (non-hydrogen) atoms. The molecule has 12 unspecified atom stereocenters. The smallest absolute Gasteiger partial charge is 0.220 e. The van der Waals surface area contributed by atoms with E-state index in [0.29, 0.717) is 6.42 Å². The van der Waals surface area contributed by atoms with E-state index < -0.39 is 86.8 Å². The molecule has 2 rings (SSSR count). The van der Waals surface area contributed by atoms with Gasteiger partial charge < -0.3 is 65.1 Å². The summed E-state index contributed by atoms with van der Waals surface area (Å²) in [7, 11) is 0. The highest BCUT2D eigenvalue weighted by Crippen LogP contribution is 2.30. The Labute approximate surface area is 434 Å². The van der Waals surface area contributed by atoms with Crippen LogP contribution in [0, 0.1) is 0 Å². The maximum absolute atomic E-state index is 13.2. The Bertz CT molecular complexity index is 1480. The van der Waals surface area contributed by atoms with Gasteiger partial charge in [0.15, 0.2) is 12.6 Å². The van der Waals surface area contributed by atoms with Gasteiger partial charge in [-0.15, -0.1) is 0 Å². The quantitative estimate of drug-likeness (QED) is 0.0206. The lowest BCUT2D eigenvalue weighted by molar-refractivity contribution is -0.359. The molecule has 0 aromatic heterocycles. The summed E-state index contributed by atoms with van der Waals surface area (Å²) in [6, 6.07) is -0.921. The summed E-state index contributed by atoms with van der Waals surface area (Å²) in [6.45, 7) is 2.66. The van der Waals surface area contributed by atoms with Gasteiger partial charge >= 0.3 is 0 Å². The number of unbranched alkanes of at least 4 members (excludes halogenated alkanes) is 20. The van der Waals surface area contributed by atoms with Crippen molar-refractivity contribution >= 4 is 5.91 Å². The number of aliphatic hydroxyl groups excluding tert-OH is 8. The van der Waals surface area contributed by atoms with Crippen LogP contribution in [0.3, 0.4) is 0 Å². The number of hydrogen-bond donors (Lipinski definition) is 9. The molecule has 1 amide bonds. The number of nitrogens with one attached hydrogen (secondary N) is 1. The zero-order valence-electron chi connectivity index (χ0n) is 44.4. The van der Waals surface area contributed by atoms with Gasteiger partial charge in [0.2, 0.25) is 5.91 Å². The van der Waals surface area contributed by atoms with E-state index in [-0.39, 0.29) is 18.9 Å². The second-order valence-corrected chi connectivity index (χ2v) is 19.7. The van der Waals surface area contributed by atoms with Gasteiger partial charge in [0.25, 0.3) is 0 Å². The zero-order valence-corrected chi connectivity index (χ0v) is 44.4. The molecule has 2 aliphatic rings. The minimum atomic E-state index is -1.79. The molecule has 14 heteroatoms. The van der Waals surface area contributed by atoms with Crippen molar-refractivity contribution in [2.75, 3.05) is 19.8 Å². The largest absolute Gasteiger partial charge is 0.394 e. The van der Waals surface area contributed by atoms with Crippen LogP contribution in [0.2, 0.25) is 0 Å². The third kappa shape index (κ3) is 29.5. The summed E-state index contributed by atoms with van der Waals surface area (Å²) in [5, 5.41) is 86.9. The van der Waals surface area contributed by atoms with Crippen LogP contribution in [-0.2, 0) is 23.7 Å². The summed E-state index contributed by atoms with van der Waals surface area (Å²) < 4.78 is 22.7. The molecule has 9 N–H and O–H groups in total. The summed E-state index contributed by atoms with van der Waals surface area (Å²) in [6.07, 6.45) is 39.3. The maximum atomic E-state index is 13.2. The van der Waals surface area contributed by atoms with Crippen LogP contribution in [0.1, 0.15) is 194 Å². The van der Waals surface area contributed by atoms with Crippen molar-refractivity contribution in [3.05, 3.63) is 72.9 Å². The molecule has 0 saturated carbocycles. The fraction of sp³-hybridized carbons (Fsp3) is 0.776. The monoisotopic (exact) mass is 1020 g/mol.